The van der Waals surface area contributed by atoms with Gasteiger partial charge in [0.2, 0.25) is 5.89 Å². The number of hydrogen-bond donors (Lipinski definition) is 2. The summed E-state index contributed by atoms with van der Waals surface area (Å²) >= 11 is 0. The second-order valence-electron chi connectivity index (χ2n) is 4.75. The lowest BCUT2D eigenvalue weighted by molar-refractivity contribution is 0.376. The molecule has 0 bridgehead atoms. The van der Waals surface area contributed by atoms with Gasteiger partial charge in [0.25, 0.3) is 0 Å². The maximum atomic E-state index is 5.85. The van der Waals surface area contributed by atoms with Gasteiger partial charge in [-0.2, -0.15) is 4.98 Å². The molecule has 0 spiro atoms. The van der Waals surface area contributed by atoms with Crippen LogP contribution in [0.1, 0.15) is 22.8 Å². The van der Waals surface area contributed by atoms with Crippen molar-refractivity contribution in [3.8, 4) is 0 Å². The van der Waals surface area contributed by atoms with Gasteiger partial charge in [-0.25, -0.2) is 0 Å². The third-order valence-electron chi connectivity index (χ3n) is 2.67. The maximum Gasteiger partial charge on any atom is 0.228 e. The molecule has 0 saturated heterocycles. The molecule has 0 saturated carbocycles. The Kier molecular flexibility index (Phi) is 6.60. The van der Waals surface area contributed by atoms with Crippen molar-refractivity contribution < 1.29 is 4.52 Å². The maximum absolute atomic E-state index is 5.85. The molecule has 2 rings (SSSR count). The number of aromatic nitrogens is 2. The molecule has 0 amide bonds. The molecule has 3 N–H and O–H groups in total. The Labute approximate surface area is 141 Å². The first-order valence-electron chi connectivity index (χ1n) is 6.47. The third-order valence-corrected chi connectivity index (χ3v) is 2.67. The summed E-state index contributed by atoms with van der Waals surface area (Å²) < 4.78 is 5.00. The summed E-state index contributed by atoms with van der Waals surface area (Å²) in [7, 11) is 0. The molecular formula is C14H20IN5O. The van der Waals surface area contributed by atoms with Crippen LogP contribution in [0.25, 0.3) is 0 Å². The van der Waals surface area contributed by atoms with Crippen LogP contribution in [0.15, 0.2) is 27.7 Å². The van der Waals surface area contributed by atoms with Gasteiger partial charge >= 0.3 is 0 Å². The van der Waals surface area contributed by atoms with Gasteiger partial charge in [0.1, 0.15) is 0 Å². The monoisotopic (exact) mass is 401 g/mol. The predicted octanol–water partition coefficient (Wildman–Crippen LogP) is 2.58. The number of nitrogens with two attached hydrogens (primary N) is 1. The van der Waals surface area contributed by atoms with Crippen molar-refractivity contribution in [2.45, 2.75) is 27.2 Å². The zero-order valence-electron chi connectivity index (χ0n) is 12.4. The average Bonchev–Trinajstić information content (AvgIpc) is 2.73. The van der Waals surface area contributed by atoms with E-state index in [2.05, 4.69) is 26.5 Å². The number of rotatable bonds is 4. The Hall–Kier alpha value is -1.64. The smallest absolute Gasteiger partial charge is 0.228 e. The van der Waals surface area contributed by atoms with Crippen LogP contribution in [0.5, 0.6) is 0 Å². The topological polar surface area (TPSA) is 89.3 Å². The van der Waals surface area contributed by atoms with Crippen molar-refractivity contribution in [2.24, 2.45) is 10.7 Å². The number of halogens is 1. The number of nitrogens with zero attached hydrogens (tertiary/aromatic N) is 3. The first kappa shape index (κ1) is 17.4. The molecule has 6 nitrogen and oxygen atoms in total. The van der Waals surface area contributed by atoms with Crippen LogP contribution in [0.4, 0.5) is 5.69 Å². The highest BCUT2D eigenvalue weighted by atomic mass is 127. The standard InChI is InChI=1S/C14H19N5O.HI/c1-9-6-10(2)8-12(7-9)18-14(15)16-5-4-13-17-11(3)19-20-13;/h6-8H,4-5H2,1-3H3,(H3,15,16,18);1H. The van der Waals surface area contributed by atoms with Crippen molar-refractivity contribution in [1.29, 1.82) is 0 Å². The minimum absolute atomic E-state index is 0. The molecule has 0 aliphatic heterocycles. The zero-order chi connectivity index (χ0) is 14.5. The minimum Gasteiger partial charge on any atom is -0.370 e. The van der Waals surface area contributed by atoms with E-state index >= 15 is 0 Å². The second-order valence-corrected chi connectivity index (χ2v) is 4.75. The lowest BCUT2D eigenvalue weighted by Crippen LogP contribution is -2.23. The number of anilines is 1. The Morgan fingerprint density at radius 2 is 1.90 bits per heavy atom. The fourth-order valence-corrected chi connectivity index (χ4v) is 1.95. The van der Waals surface area contributed by atoms with Crippen LogP contribution in [-0.4, -0.2) is 22.6 Å². The summed E-state index contributed by atoms with van der Waals surface area (Å²) in [6.45, 7) is 6.38. The Bertz CT molecular complexity index is 603. The van der Waals surface area contributed by atoms with E-state index in [1.54, 1.807) is 6.92 Å². The Morgan fingerprint density at radius 1 is 1.24 bits per heavy atom. The van der Waals surface area contributed by atoms with Crippen LogP contribution < -0.4 is 11.1 Å². The third kappa shape index (κ3) is 5.70. The van der Waals surface area contributed by atoms with Crippen molar-refractivity contribution in [3.63, 3.8) is 0 Å². The first-order chi connectivity index (χ1) is 9.52. The molecule has 1 aromatic heterocycles. The zero-order valence-corrected chi connectivity index (χ0v) is 14.7. The molecule has 7 heteroatoms. The molecular weight excluding hydrogens is 381 g/mol. The Morgan fingerprint density at radius 3 is 2.48 bits per heavy atom. The normalized spacial score (nSPS) is 11.1. The number of guanidine groups is 1. The lowest BCUT2D eigenvalue weighted by atomic mass is 10.1. The number of benzene rings is 1. The van der Waals surface area contributed by atoms with Gasteiger partial charge in [0.15, 0.2) is 11.8 Å². The van der Waals surface area contributed by atoms with Crippen LogP contribution in [0.2, 0.25) is 0 Å². The molecule has 0 unspecified atom stereocenters. The quantitative estimate of drug-likeness (QED) is 0.467. The SMILES string of the molecule is Cc1cc(C)cc(NC(N)=NCCc2nc(C)no2)c1.I. The first-order valence-corrected chi connectivity index (χ1v) is 6.47. The van der Waals surface area contributed by atoms with Gasteiger partial charge in [-0.15, -0.1) is 24.0 Å². The highest BCUT2D eigenvalue weighted by Crippen LogP contribution is 2.13. The van der Waals surface area contributed by atoms with Crippen molar-refractivity contribution in [2.75, 3.05) is 11.9 Å². The lowest BCUT2D eigenvalue weighted by Gasteiger charge is -2.07. The summed E-state index contributed by atoms with van der Waals surface area (Å²) in [6.07, 6.45) is 0.579. The van der Waals surface area contributed by atoms with Gasteiger partial charge in [-0.05, 0) is 44.0 Å². The number of hydrogen-bond acceptors (Lipinski definition) is 4. The van der Waals surface area contributed by atoms with E-state index in [-0.39, 0.29) is 24.0 Å². The van der Waals surface area contributed by atoms with E-state index < -0.39 is 0 Å². The van der Waals surface area contributed by atoms with Gasteiger partial charge in [-0.3, -0.25) is 4.99 Å². The number of aryl methyl sites for hydroxylation is 3. The van der Waals surface area contributed by atoms with E-state index in [0.717, 1.165) is 5.69 Å². The van der Waals surface area contributed by atoms with E-state index in [0.29, 0.717) is 30.6 Å². The molecule has 114 valence electrons. The van der Waals surface area contributed by atoms with Crippen molar-refractivity contribution in [3.05, 3.63) is 41.0 Å². The number of aliphatic imine (C=N–C) groups is 1. The molecule has 2 aromatic rings. The molecule has 21 heavy (non-hydrogen) atoms. The second kappa shape index (κ2) is 7.96. The molecule has 0 atom stereocenters. The fourth-order valence-electron chi connectivity index (χ4n) is 1.95. The molecule has 1 heterocycles. The molecule has 1 aromatic carbocycles. The molecule has 0 radical (unpaired) electrons. The summed E-state index contributed by atoms with van der Waals surface area (Å²) in [5.74, 6) is 1.59. The predicted molar refractivity (Wildman–Crippen MR) is 94.2 cm³/mol. The highest BCUT2D eigenvalue weighted by Gasteiger charge is 2.02. The summed E-state index contributed by atoms with van der Waals surface area (Å²) in [5, 5.41) is 6.80. The largest absolute Gasteiger partial charge is 0.370 e. The Balaban J connectivity index is 0.00000220. The van der Waals surface area contributed by atoms with E-state index in [1.165, 1.54) is 11.1 Å². The van der Waals surface area contributed by atoms with Crippen LogP contribution in [0.3, 0.4) is 0 Å². The van der Waals surface area contributed by atoms with E-state index in [9.17, 15) is 0 Å². The highest BCUT2D eigenvalue weighted by molar-refractivity contribution is 14.0. The van der Waals surface area contributed by atoms with Crippen LogP contribution >= 0.6 is 24.0 Å². The molecule has 0 fully saturated rings. The summed E-state index contributed by atoms with van der Waals surface area (Å²) in [6, 6.07) is 6.16. The average molecular weight is 401 g/mol. The van der Waals surface area contributed by atoms with Crippen molar-refractivity contribution in [1.82, 2.24) is 10.1 Å². The van der Waals surface area contributed by atoms with E-state index in [1.807, 2.05) is 26.0 Å². The minimum atomic E-state index is 0. The fraction of sp³-hybridized carbons (Fsp3) is 0.357. The van der Waals surface area contributed by atoms with E-state index in [4.69, 9.17) is 10.3 Å². The van der Waals surface area contributed by atoms with Crippen LogP contribution in [-0.2, 0) is 6.42 Å². The van der Waals surface area contributed by atoms with Gasteiger partial charge in [0.05, 0.1) is 6.54 Å². The molecule has 0 aliphatic rings. The van der Waals surface area contributed by atoms with Gasteiger partial charge in [-0.1, -0.05) is 11.2 Å². The van der Waals surface area contributed by atoms with Gasteiger partial charge in [0, 0.05) is 12.1 Å². The van der Waals surface area contributed by atoms with Crippen LogP contribution in [0, 0.1) is 20.8 Å². The summed E-state index contributed by atoms with van der Waals surface area (Å²) in [4.78, 5) is 8.35. The summed E-state index contributed by atoms with van der Waals surface area (Å²) in [5.41, 5.74) is 9.15. The number of nitrogens with one attached hydrogen (secondary N) is 1. The van der Waals surface area contributed by atoms with Crippen molar-refractivity contribution >= 4 is 35.6 Å². The molecule has 0 aliphatic carbocycles. The van der Waals surface area contributed by atoms with Gasteiger partial charge < -0.3 is 15.6 Å².